The molecule has 6 heteroatoms. The van der Waals surface area contributed by atoms with Crippen LogP contribution < -0.4 is 10.6 Å². The Morgan fingerprint density at radius 3 is 2.72 bits per heavy atom. The lowest BCUT2D eigenvalue weighted by atomic mass is 10.1. The number of urea groups is 1. The van der Waals surface area contributed by atoms with E-state index >= 15 is 0 Å². The maximum atomic E-state index is 11.6. The van der Waals surface area contributed by atoms with E-state index in [0.29, 0.717) is 0 Å². The number of nitrogens with zero attached hydrogens (tertiary/aromatic N) is 1. The van der Waals surface area contributed by atoms with Crippen molar-refractivity contribution in [3.63, 3.8) is 0 Å². The van der Waals surface area contributed by atoms with Crippen LogP contribution in [0.25, 0.3) is 0 Å². The smallest absolute Gasteiger partial charge is 0.356 e. The van der Waals surface area contributed by atoms with Crippen molar-refractivity contribution in [3.8, 4) is 12.3 Å². The molecule has 3 N–H and O–H groups in total. The van der Waals surface area contributed by atoms with Crippen LogP contribution in [0.2, 0.25) is 0 Å². The van der Waals surface area contributed by atoms with E-state index in [-0.39, 0.29) is 11.4 Å². The molecule has 0 aliphatic rings. The van der Waals surface area contributed by atoms with Crippen molar-refractivity contribution in [2.24, 2.45) is 0 Å². The van der Waals surface area contributed by atoms with Crippen molar-refractivity contribution < 1.29 is 14.7 Å². The van der Waals surface area contributed by atoms with Gasteiger partial charge in [0.25, 0.3) is 0 Å². The van der Waals surface area contributed by atoms with E-state index in [1.54, 1.807) is 13.8 Å². The second-order valence-corrected chi connectivity index (χ2v) is 4.05. The molecule has 0 saturated heterocycles. The average molecular weight is 247 g/mol. The van der Waals surface area contributed by atoms with E-state index in [9.17, 15) is 9.59 Å². The predicted octanol–water partition coefficient (Wildman–Crippen LogP) is 1.31. The second-order valence-electron chi connectivity index (χ2n) is 4.05. The summed E-state index contributed by atoms with van der Waals surface area (Å²) in [7, 11) is 0. The van der Waals surface area contributed by atoms with Gasteiger partial charge in [0, 0.05) is 6.20 Å². The Bertz CT molecular complexity index is 518. The van der Waals surface area contributed by atoms with Crippen molar-refractivity contribution in [1.29, 1.82) is 0 Å². The molecule has 1 aromatic rings. The van der Waals surface area contributed by atoms with Gasteiger partial charge < -0.3 is 15.7 Å². The van der Waals surface area contributed by atoms with Crippen LogP contribution in [0.3, 0.4) is 0 Å². The van der Waals surface area contributed by atoms with E-state index in [4.69, 9.17) is 11.5 Å². The van der Waals surface area contributed by atoms with Crippen LogP contribution in [0.4, 0.5) is 10.5 Å². The average Bonchev–Trinajstić information content (AvgIpc) is 2.28. The summed E-state index contributed by atoms with van der Waals surface area (Å²) >= 11 is 0. The number of carbonyl (C=O) groups is 2. The largest absolute Gasteiger partial charge is 0.476 e. The van der Waals surface area contributed by atoms with Crippen molar-refractivity contribution in [3.05, 3.63) is 24.0 Å². The molecule has 0 fully saturated rings. The van der Waals surface area contributed by atoms with Gasteiger partial charge in [-0.1, -0.05) is 5.92 Å². The molecular formula is C12H13N3O3. The normalized spacial score (nSPS) is 10.3. The minimum Gasteiger partial charge on any atom is -0.476 e. The van der Waals surface area contributed by atoms with Gasteiger partial charge in [0.05, 0.1) is 11.2 Å². The van der Waals surface area contributed by atoms with Gasteiger partial charge in [-0.25, -0.2) is 14.6 Å². The van der Waals surface area contributed by atoms with E-state index in [1.807, 2.05) is 0 Å². The number of aromatic carboxylic acids is 1. The number of aromatic nitrogens is 1. The summed E-state index contributed by atoms with van der Waals surface area (Å²) in [6.07, 6.45) is 6.56. The van der Waals surface area contributed by atoms with Crippen LogP contribution in [0.15, 0.2) is 18.3 Å². The molecule has 18 heavy (non-hydrogen) atoms. The number of carboxylic acids is 1. The summed E-state index contributed by atoms with van der Waals surface area (Å²) in [6, 6.07) is 2.38. The lowest BCUT2D eigenvalue weighted by Crippen LogP contribution is -2.44. The first-order chi connectivity index (χ1) is 8.35. The first kappa shape index (κ1) is 13.5. The maximum Gasteiger partial charge on any atom is 0.356 e. The fourth-order valence-electron chi connectivity index (χ4n) is 1.15. The van der Waals surface area contributed by atoms with Crippen molar-refractivity contribution in [2.75, 3.05) is 5.32 Å². The van der Waals surface area contributed by atoms with E-state index in [2.05, 4.69) is 21.5 Å². The van der Waals surface area contributed by atoms with Gasteiger partial charge in [-0.15, -0.1) is 6.42 Å². The standard InChI is InChI=1S/C12H13N3O3/c1-4-12(2,3)15-11(18)14-8-6-5-7-13-9(8)10(16)17/h1,5-7H,2-3H3,(H,16,17)(H2,14,15,18). The number of hydrogen-bond donors (Lipinski definition) is 3. The van der Waals surface area contributed by atoms with E-state index < -0.39 is 17.5 Å². The Balaban J connectivity index is 2.84. The molecule has 6 nitrogen and oxygen atoms in total. The minimum atomic E-state index is -1.22. The first-order valence-corrected chi connectivity index (χ1v) is 5.11. The summed E-state index contributed by atoms with van der Waals surface area (Å²) < 4.78 is 0. The topological polar surface area (TPSA) is 91.3 Å². The lowest BCUT2D eigenvalue weighted by Gasteiger charge is -2.20. The van der Waals surface area contributed by atoms with Crippen LogP contribution >= 0.6 is 0 Å². The number of hydrogen-bond acceptors (Lipinski definition) is 3. The summed E-state index contributed by atoms with van der Waals surface area (Å²) in [6.45, 7) is 3.29. The van der Waals surface area contributed by atoms with Gasteiger partial charge in [0.2, 0.25) is 0 Å². The van der Waals surface area contributed by atoms with E-state index in [0.717, 1.165) is 0 Å². The zero-order valence-electron chi connectivity index (χ0n) is 10.0. The lowest BCUT2D eigenvalue weighted by molar-refractivity contribution is 0.0692. The molecule has 0 aliphatic carbocycles. The fraction of sp³-hybridized carbons (Fsp3) is 0.250. The molecule has 0 radical (unpaired) electrons. The Morgan fingerprint density at radius 2 is 2.17 bits per heavy atom. The van der Waals surface area contributed by atoms with Crippen molar-refractivity contribution in [1.82, 2.24) is 10.3 Å². The van der Waals surface area contributed by atoms with Crippen molar-refractivity contribution in [2.45, 2.75) is 19.4 Å². The Labute approximate surface area is 104 Å². The molecule has 0 unspecified atom stereocenters. The molecular weight excluding hydrogens is 234 g/mol. The second kappa shape index (κ2) is 5.19. The molecule has 1 aromatic heterocycles. The van der Waals surface area contributed by atoms with Gasteiger partial charge in [-0.05, 0) is 26.0 Å². The summed E-state index contributed by atoms with van der Waals surface area (Å²) in [5, 5.41) is 13.8. The Hall–Kier alpha value is -2.55. The number of nitrogens with one attached hydrogen (secondary N) is 2. The highest BCUT2D eigenvalue weighted by Gasteiger charge is 2.19. The summed E-state index contributed by atoms with van der Waals surface area (Å²) in [5.74, 6) is 1.17. The number of carbonyl (C=O) groups excluding carboxylic acids is 1. The summed E-state index contributed by atoms with van der Waals surface area (Å²) in [4.78, 5) is 26.2. The molecule has 0 spiro atoms. The van der Waals surface area contributed by atoms with Crippen LogP contribution in [0.1, 0.15) is 24.3 Å². The third kappa shape index (κ3) is 3.49. The third-order valence-electron chi connectivity index (χ3n) is 2.05. The minimum absolute atomic E-state index is 0.107. The number of amides is 2. The van der Waals surface area contributed by atoms with Crippen LogP contribution in [-0.4, -0.2) is 27.6 Å². The van der Waals surface area contributed by atoms with Gasteiger partial charge in [0.15, 0.2) is 5.69 Å². The first-order valence-electron chi connectivity index (χ1n) is 5.11. The number of carboxylic acid groups (broad SMARTS) is 1. The number of anilines is 1. The Kier molecular flexibility index (Phi) is 3.89. The predicted molar refractivity (Wildman–Crippen MR) is 66.3 cm³/mol. The maximum absolute atomic E-state index is 11.6. The fourth-order valence-corrected chi connectivity index (χ4v) is 1.15. The molecule has 0 saturated carbocycles. The Morgan fingerprint density at radius 1 is 1.50 bits per heavy atom. The number of pyridine rings is 1. The van der Waals surface area contributed by atoms with Crippen LogP contribution in [-0.2, 0) is 0 Å². The van der Waals surface area contributed by atoms with Crippen LogP contribution in [0.5, 0.6) is 0 Å². The highest BCUT2D eigenvalue weighted by Crippen LogP contribution is 2.12. The zero-order chi connectivity index (χ0) is 13.8. The quantitative estimate of drug-likeness (QED) is 0.702. The van der Waals surface area contributed by atoms with Gasteiger partial charge in [0.1, 0.15) is 0 Å². The molecule has 0 atom stereocenters. The number of rotatable bonds is 3. The van der Waals surface area contributed by atoms with Gasteiger partial charge in [-0.3, -0.25) is 0 Å². The number of terminal acetylenes is 1. The summed E-state index contributed by atoms with van der Waals surface area (Å²) in [5.41, 5.74) is -0.947. The molecule has 1 heterocycles. The highest BCUT2D eigenvalue weighted by atomic mass is 16.4. The molecule has 1 rings (SSSR count). The molecule has 94 valence electrons. The molecule has 2 amide bonds. The SMILES string of the molecule is C#CC(C)(C)NC(=O)Nc1cccnc1C(=O)O. The van der Waals surface area contributed by atoms with Crippen molar-refractivity contribution >= 4 is 17.7 Å². The van der Waals surface area contributed by atoms with E-state index in [1.165, 1.54) is 18.3 Å². The molecule has 0 aliphatic heterocycles. The van der Waals surface area contributed by atoms with Crippen LogP contribution in [0, 0.1) is 12.3 Å². The third-order valence-corrected chi connectivity index (χ3v) is 2.05. The zero-order valence-corrected chi connectivity index (χ0v) is 10.0. The molecule has 0 bridgehead atoms. The van der Waals surface area contributed by atoms with Gasteiger partial charge >= 0.3 is 12.0 Å². The van der Waals surface area contributed by atoms with Gasteiger partial charge in [-0.2, -0.15) is 0 Å². The monoisotopic (exact) mass is 247 g/mol. The highest BCUT2D eigenvalue weighted by molar-refractivity contribution is 5.98. The molecule has 0 aromatic carbocycles.